The van der Waals surface area contributed by atoms with Gasteiger partial charge in [-0.25, -0.2) is 4.68 Å². The summed E-state index contributed by atoms with van der Waals surface area (Å²) in [5.41, 5.74) is 1.80. The van der Waals surface area contributed by atoms with E-state index in [1.807, 2.05) is 12.1 Å². The fourth-order valence-corrected chi connectivity index (χ4v) is 3.10. The Balaban J connectivity index is 1.78. The van der Waals surface area contributed by atoms with Gasteiger partial charge in [0.25, 0.3) is 5.89 Å². The number of benzene rings is 1. The molecule has 0 fully saturated rings. The highest BCUT2D eigenvalue weighted by atomic mass is 35.5. The summed E-state index contributed by atoms with van der Waals surface area (Å²) >= 11 is 5.91. The van der Waals surface area contributed by atoms with Gasteiger partial charge in [-0.1, -0.05) is 11.6 Å². The van der Waals surface area contributed by atoms with Crippen molar-refractivity contribution in [2.45, 2.75) is 47.0 Å². The molecule has 2 aromatic heterocycles. The second-order valence-corrected chi connectivity index (χ2v) is 7.37. The summed E-state index contributed by atoms with van der Waals surface area (Å²) in [7, 11) is 0. The maximum atomic E-state index is 11.2. The number of nitrogens with zero attached hydrogens (tertiary/aromatic N) is 5. The van der Waals surface area contributed by atoms with E-state index in [4.69, 9.17) is 16.0 Å². The first-order chi connectivity index (χ1) is 13.3. The lowest BCUT2D eigenvalue weighted by atomic mass is 10.2. The molecule has 3 rings (SSSR count). The number of nitro groups is 1. The van der Waals surface area contributed by atoms with Gasteiger partial charge in [0.2, 0.25) is 5.89 Å². The maximum absolute atomic E-state index is 11.2. The van der Waals surface area contributed by atoms with Gasteiger partial charge < -0.3 is 9.32 Å². The molecule has 148 valence electrons. The zero-order chi connectivity index (χ0) is 20.4. The molecule has 1 atom stereocenters. The number of nitrogens with one attached hydrogen (secondary N) is 1. The summed E-state index contributed by atoms with van der Waals surface area (Å²) in [5.74, 6) is 0.918. The van der Waals surface area contributed by atoms with Gasteiger partial charge in [0, 0.05) is 10.6 Å². The van der Waals surface area contributed by atoms with Crippen LogP contribution in [0.3, 0.4) is 0 Å². The van der Waals surface area contributed by atoms with Crippen molar-refractivity contribution in [2.24, 2.45) is 0 Å². The Kier molecular flexibility index (Phi) is 5.76. The molecule has 0 saturated heterocycles. The van der Waals surface area contributed by atoms with E-state index in [1.165, 1.54) is 0 Å². The first-order valence-corrected chi connectivity index (χ1v) is 9.25. The van der Waals surface area contributed by atoms with Gasteiger partial charge in [-0.3, -0.25) is 10.1 Å². The van der Waals surface area contributed by atoms with Crippen LogP contribution >= 0.6 is 11.6 Å². The van der Waals surface area contributed by atoms with Gasteiger partial charge in [-0.05, 0) is 52.0 Å². The van der Waals surface area contributed by atoms with Crippen LogP contribution in [0.4, 0.5) is 5.69 Å². The molecule has 0 saturated carbocycles. The molecule has 1 aromatic carbocycles. The molecule has 3 aromatic rings. The van der Waals surface area contributed by atoms with Crippen LogP contribution in [-0.4, -0.2) is 30.9 Å². The van der Waals surface area contributed by atoms with Crippen molar-refractivity contribution in [3.05, 3.63) is 56.7 Å². The number of quaternary nitrogens is 1. The van der Waals surface area contributed by atoms with E-state index in [9.17, 15) is 10.1 Å². The molecule has 0 aliphatic carbocycles. The Hall–Kier alpha value is -2.78. The molecule has 0 radical (unpaired) electrons. The Morgan fingerprint density at radius 2 is 1.93 bits per heavy atom. The molecule has 1 N–H and O–H groups in total. The Morgan fingerprint density at radius 1 is 1.25 bits per heavy atom. The van der Waals surface area contributed by atoms with Crippen molar-refractivity contribution in [2.75, 3.05) is 0 Å². The molecule has 0 aliphatic rings. The van der Waals surface area contributed by atoms with Gasteiger partial charge in [-0.15, -0.1) is 10.2 Å². The number of aromatic nitrogens is 4. The minimum Gasteiger partial charge on any atom is -0.415 e. The predicted molar refractivity (Wildman–Crippen MR) is 103 cm³/mol. The maximum Gasteiger partial charge on any atom is 0.312 e. The average Bonchev–Trinajstić information content (AvgIpc) is 3.19. The molecular weight excluding hydrogens is 384 g/mol. The second-order valence-electron chi connectivity index (χ2n) is 6.93. The molecule has 0 amide bonds. The van der Waals surface area contributed by atoms with Gasteiger partial charge in [0.1, 0.15) is 11.4 Å². The summed E-state index contributed by atoms with van der Waals surface area (Å²) < 4.78 is 7.47. The van der Waals surface area contributed by atoms with Crippen molar-refractivity contribution in [1.29, 1.82) is 0 Å². The van der Waals surface area contributed by atoms with E-state index >= 15 is 0 Å². The molecular formula is C18H22ClN6O3+. The zero-order valence-corrected chi connectivity index (χ0v) is 16.9. The van der Waals surface area contributed by atoms with Crippen LogP contribution in [0.25, 0.3) is 11.5 Å². The van der Waals surface area contributed by atoms with Crippen molar-refractivity contribution in [1.82, 2.24) is 20.0 Å². The Bertz CT molecular complexity index is 980. The molecule has 0 aliphatic heterocycles. The molecule has 2 heterocycles. The number of rotatable bonds is 7. The third-order valence-corrected chi connectivity index (χ3v) is 4.88. The van der Waals surface area contributed by atoms with Crippen LogP contribution in [-0.2, 0) is 13.2 Å². The molecule has 9 nitrogen and oxygen atoms in total. The smallest absolute Gasteiger partial charge is 0.312 e. The molecule has 1 unspecified atom stereocenters. The van der Waals surface area contributed by atoms with E-state index in [0.717, 1.165) is 10.5 Å². The highest BCUT2D eigenvalue weighted by Crippen LogP contribution is 2.21. The van der Waals surface area contributed by atoms with E-state index in [2.05, 4.69) is 29.1 Å². The van der Waals surface area contributed by atoms with Crippen LogP contribution in [0.2, 0.25) is 5.02 Å². The quantitative estimate of drug-likeness (QED) is 0.478. The standard InChI is InChI=1S/C18H21ClN6O3/c1-11(2)23(10-24-13(4)17(25(26)27)12(3)22-24)9-16-20-21-18(28-16)14-5-7-15(19)8-6-14/h5-8,11H,9-10H2,1-4H3/p+1. The van der Waals surface area contributed by atoms with E-state index in [1.54, 1.807) is 30.7 Å². The van der Waals surface area contributed by atoms with Crippen molar-refractivity contribution in [3.8, 4) is 11.5 Å². The number of hydrogen-bond acceptors (Lipinski definition) is 6. The van der Waals surface area contributed by atoms with Gasteiger partial charge in [-0.2, -0.15) is 5.10 Å². The first kappa shape index (κ1) is 20.0. The second kappa shape index (κ2) is 8.07. The lowest BCUT2D eigenvalue weighted by Crippen LogP contribution is -3.13. The van der Waals surface area contributed by atoms with Crippen LogP contribution < -0.4 is 4.90 Å². The van der Waals surface area contributed by atoms with Gasteiger partial charge in [0.05, 0.1) is 11.0 Å². The summed E-state index contributed by atoms with van der Waals surface area (Å²) in [4.78, 5) is 11.9. The lowest BCUT2D eigenvalue weighted by Gasteiger charge is -2.22. The normalized spacial score (nSPS) is 12.5. The van der Waals surface area contributed by atoms with E-state index < -0.39 is 0 Å². The summed E-state index contributed by atoms with van der Waals surface area (Å²) in [5, 5.41) is 24.5. The number of aryl methyl sites for hydroxylation is 1. The van der Waals surface area contributed by atoms with Crippen molar-refractivity contribution >= 4 is 17.3 Å². The Morgan fingerprint density at radius 3 is 2.50 bits per heavy atom. The number of hydrogen-bond donors (Lipinski definition) is 1. The van der Waals surface area contributed by atoms with Gasteiger partial charge in [0.15, 0.2) is 13.2 Å². The zero-order valence-electron chi connectivity index (χ0n) is 16.1. The fourth-order valence-electron chi connectivity index (χ4n) is 2.97. The monoisotopic (exact) mass is 405 g/mol. The molecule has 0 spiro atoms. The number of halogens is 1. The minimum absolute atomic E-state index is 0.0610. The summed E-state index contributed by atoms with van der Waals surface area (Å²) in [6.45, 7) is 8.41. The highest BCUT2D eigenvalue weighted by Gasteiger charge is 2.26. The topological polar surface area (TPSA) is 104 Å². The lowest BCUT2D eigenvalue weighted by molar-refractivity contribution is -0.958. The highest BCUT2D eigenvalue weighted by molar-refractivity contribution is 6.30. The third-order valence-electron chi connectivity index (χ3n) is 4.63. The predicted octanol–water partition coefficient (Wildman–Crippen LogP) is 2.56. The van der Waals surface area contributed by atoms with Crippen LogP contribution in [0.15, 0.2) is 28.7 Å². The fraction of sp³-hybridized carbons (Fsp3) is 0.389. The van der Waals surface area contributed by atoms with Crippen molar-refractivity contribution in [3.63, 3.8) is 0 Å². The minimum atomic E-state index is -0.389. The van der Waals surface area contributed by atoms with Crippen LogP contribution in [0, 0.1) is 24.0 Å². The van der Waals surface area contributed by atoms with E-state index in [-0.39, 0.29) is 16.7 Å². The van der Waals surface area contributed by atoms with Crippen molar-refractivity contribution < 1.29 is 14.2 Å². The summed E-state index contributed by atoms with van der Waals surface area (Å²) in [6.07, 6.45) is 0. The largest absolute Gasteiger partial charge is 0.415 e. The van der Waals surface area contributed by atoms with Crippen LogP contribution in [0.5, 0.6) is 0 Å². The molecule has 28 heavy (non-hydrogen) atoms. The summed E-state index contributed by atoms with van der Waals surface area (Å²) in [6, 6.07) is 7.39. The van der Waals surface area contributed by atoms with E-state index in [0.29, 0.717) is 41.4 Å². The average molecular weight is 406 g/mol. The molecule has 10 heteroatoms. The van der Waals surface area contributed by atoms with Gasteiger partial charge >= 0.3 is 5.69 Å². The SMILES string of the molecule is Cc1nn(C[NH+](Cc2nnc(-c3ccc(Cl)cc3)o2)C(C)C)c(C)c1[N+](=O)[O-]. The third kappa shape index (κ3) is 4.20. The Labute approximate surface area is 167 Å². The van der Waals surface area contributed by atoms with Crippen LogP contribution in [0.1, 0.15) is 31.1 Å². The first-order valence-electron chi connectivity index (χ1n) is 8.87. The molecule has 0 bridgehead atoms.